The van der Waals surface area contributed by atoms with Gasteiger partial charge in [-0.1, -0.05) is 11.6 Å². The van der Waals surface area contributed by atoms with Crippen LogP contribution in [0.1, 0.15) is 15.6 Å². The molecule has 3 rings (SSSR count). The molecule has 1 saturated heterocycles. The summed E-state index contributed by atoms with van der Waals surface area (Å²) in [4.78, 5) is 4.54. The lowest BCUT2D eigenvalue weighted by molar-refractivity contribution is 0.249. The standard InChI is InChI=1S/C12H13ClN6S2/c1-8-15-16-10(20-8)7-18-2-4-19(5-3-18)12-9(6-14)11(13)17-21-12/h2-5,7H2,1H3. The van der Waals surface area contributed by atoms with Crippen molar-refractivity contribution in [2.45, 2.75) is 13.5 Å². The van der Waals surface area contributed by atoms with Crippen molar-refractivity contribution in [3.63, 3.8) is 0 Å². The van der Waals surface area contributed by atoms with Crippen LogP contribution in [0.5, 0.6) is 0 Å². The average Bonchev–Trinajstić information content (AvgIpc) is 3.05. The van der Waals surface area contributed by atoms with Crippen LogP contribution in [0, 0.1) is 18.3 Å². The molecule has 1 fully saturated rings. The molecule has 0 saturated carbocycles. The van der Waals surface area contributed by atoms with Gasteiger partial charge in [0.15, 0.2) is 5.15 Å². The zero-order valence-corrected chi connectivity index (χ0v) is 13.8. The molecule has 3 heterocycles. The topological polar surface area (TPSA) is 68.9 Å². The van der Waals surface area contributed by atoms with E-state index in [-0.39, 0.29) is 0 Å². The van der Waals surface area contributed by atoms with Crippen molar-refractivity contribution in [2.75, 3.05) is 31.1 Å². The lowest BCUT2D eigenvalue weighted by Gasteiger charge is -2.34. The number of piperazine rings is 1. The van der Waals surface area contributed by atoms with Gasteiger partial charge in [0.05, 0.1) is 6.54 Å². The van der Waals surface area contributed by atoms with Crippen LogP contribution in [0.3, 0.4) is 0 Å². The van der Waals surface area contributed by atoms with Gasteiger partial charge >= 0.3 is 0 Å². The average molecular weight is 341 g/mol. The van der Waals surface area contributed by atoms with Gasteiger partial charge in [-0.05, 0) is 18.5 Å². The maximum absolute atomic E-state index is 9.15. The predicted molar refractivity (Wildman–Crippen MR) is 84.0 cm³/mol. The molecule has 0 spiro atoms. The van der Waals surface area contributed by atoms with E-state index in [1.807, 2.05) is 6.92 Å². The number of hydrogen-bond donors (Lipinski definition) is 0. The molecule has 2 aromatic heterocycles. The van der Waals surface area contributed by atoms with E-state index in [1.54, 1.807) is 11.3 Å². The van der Waals surface area contributed by atoms with Crippen molar-refractivity contribution in [3.05, 3.63) is 20.7 Å². The number of hydrogen-bond acceptors (Lipinski definition) is 8. The van der Waals surface area contributed by atoms with Gasteiger partial charge in [-0.3, -0.25) is 4.90 Å². The van der Waals surface area contributed by atoms with E-state index >= 15 is 0 Å². The quantitative estimate of drug-likeness (QED) is 0.852. The van der Waals surface area contributed by atoms with Crippen LogP contribution in [0.15, 0.2) is 0 Å². The summed E-state index contributed by atoms with van der Waals surface area (Å²) in [6.07, 6.45) is 0. The van der Waals surface area contributed by atoms with Crippen LogP contribution < -0.4 is 4.90 Å². The van der Waals surface area contributed by atoms with Crippen LogP contribution in [0.4, 0.5) is 5.00 Å². The molecule has 21 heavy (non-hydrogen) atoms. The normalized spacial score (nSPS) is 16.1. The molecule has 0 radical (unpaired) electrons. The van der Waals surface area contributed by atoms with Gasteiger partial charge in [0.1, 0.15) is 26.6 Å². The molecular weight excluding hydrogens is 328 g/mol. The number of rotatable bonds is 3. The second-order valence-electron chi connectivity index (χ2n) is 4.74. The fraction of sp³-hybridized carbons (Fsp3) is 0.500. The number of nitriles is 1. The van der Waals surface area contributed by atoms with Crippen LogP contribution in [-0.2, 0) is 6.54 Å². The Kier molecular flexibility index (Phi) is 4.35. The van der Waals surface area contributed by atoms with Crippen molar-refractivity contribution in [2.24, 2.45) is 0 Å². The first-order valence-corrected chi connectivity index (χ1v) is 8.45. The van der Waals surface area contributed by atoms with Crippen molar-refractivity contribution in [1.82, 2.24) is 19.5 Å². The van der Waals surface area contributed by atoms with Crippen LogP contribution in [0.2, 0.25) is 5.15 Å². The van der Waals surface area contributed by atoms with E-state index < -0.39 is 0 Å². The molecule has 0 amide bonds. The minimum Gasteiger partial charge on any atom is -0.358 e. The van der Waals surface area contributed by atoms with Crippen molar-refractivity contribution in [1.29, 1.82) is 5.26 Å². The summed E-state index contributed by atoms with van der Waals surface area (Å²) in [5, 5.41) is 20.6. The predicted octanol–water partition coefficient (Wildman–Crippen LogP) is 2.15. The molecule has 0 unspecified atom stereocenters. The van der Waals surface area contributed by atoms with E-state index in [2.05, 4.69) is 30.4 Å². The first-order valence-electron chi connectivity index (χ1n) is 6.49. The number of anilines is 1. The maximum atomic E-state index is 9.15. The summed E-state index contributed by atoms with van der Waals surface area (Å²) in [7, 11) is 0. The third-order valence-electron chi connectivity index (χ3n) is 3.33. The van der Waals surface area contributed by atoms with Gasteiger partial charge in [0.2, 0.25) is 0 Å². The minimum absolute atomic E-state index is 0.310. The largest absolute Gasteiger partial charge is 0.358 e. The summed E-state index contributed by atoms with van der Waals surface area (Å²) >= 11 is 8.87. The third-order valence-corrected chi connectivity index (χ3v) is 5.44. The Bertz CT molecular complexity index is 668. The molecule has 110 valence electrons. The number of nitrogens with zero attached hydrogens (tertiary/aromatic N) is 6. The van der Waals surface area contributed by atoms with Gasteiger partial charge in [0.25, 0.3) is 0 Å². The number of halogens is 1. The Hall–Kier alpha value is -1.27. The zero-order valence-electron chi connectivity index (χ0n) is 11.4. The maximum Gasteiger partial charge on any atom is 0.162 e. The molecule has 1 aliphatic rings. The van der Waals surface area contributed by atoms with Gasteiger partial charge in [-0.2, -0.15) is 9.64 Å². The summed E-state index contributed by atoms with van der Waals surface area (Å²) in [5.41, 5.74) is 0.495. The molecule has 2 aromatic rings. The third kappa shape index (κ3) is 3.16. The van der Waals surface area contributed by atoms with Gasteiger partial charge < -0.3 is 4.90 Å². The first kappa shape index (κ1) is 14.7. The van der Waals surface area contributed by atoms with Gasteiger partial charge in [0, 0.05) is 26.2 Å². The lowest BCUT2D eigenvalue weighted by Crippen LogP contribution is -2.45. The summed E-state index contributed by atoms with van der Waals surface area (Å²) in [5.74, 6) is 0. The van der Waals surface area contributed by atoms with Gasteiger partial charge in [-0.15, -0.1) is 21.5 Å². The summed E-state index contributed by atoms with van der Waals surface area (Å²) in [6, 6.07) is 2.14. The Morgan fingerprint density at radius 2 is 2.05 bits per heavy atom. The molecular formula is C12H13ClN6S2. The van der Waals surface area contributed by atoms with E-state index in [1.165, 1.54) is 11.5 Å². The summed E-state index contributed by atoms with van der Waals surface area (Å²) in [6.45, 7) is 6.40. The Morgan fingerprint density at radius 1 is 1.29 bits per heavy atom. The fourth-order valence-corrected chi connectivity index (χ4v) is 4.11. The molecule has 0 aromatic carbocycles. The van der Waals surface area contributed by atoms with Crippen molar-refractivity contribution >= 4 is 39.5 Å². The highest BCUT2D eigenvalue weighted by Gasteiger charge is 2.23. The molecule has 1 aliphatic heterocycles. The Balaban J connectivity index is 1.61. The van der Waals surface area contributed by atoms with E-state index in [0.717, 1.165) is 47.7 Å². The fourth-order valence-electron chi connectivity index (χ4n) is 2.27. The Morgan fingerprint density at radius 3 is 2.67 bits per heavy atom. The van der Waals surface area contributed by atoms with E-state index in [9.17, 15) is 0 Å². The SMILES string of the molecule is Cc1nnc(CN2CCN(c3snc(Cl)c3C#N)CC2)s1. The zero-order chi connectivity index (χ0) is 14.8. The monoisotopic (exact) mass is 340 g/mol. The van der Waals surface area contributed by atoms with Gasteiger partial charge in [-0.25, -0.2) is 0 Å². The van der Waals surface area contributed by atoms with Crippen molar-refractivity contribution in [3.8, 4) is 6.07 Å². The Labute approximate surface area is 135 Å². The number of aromatic nitrogens is 3. The number of aryl methyl sites for hydroxylation is 1. The van der Waals surface area contributed by atoms with Crippen LogP contribution in [0.25, 0.3) is 0 Å². The highest BCUT2D eigenvalue weighted by molar-refractivity contribution is 7.11. The lowest BCUT2D eigenvalue weighted by atomic mass is 10.3. The highest BCUT2D eigenvalue weighted by atomic mass is 35.5. The van der Waals surface area contributed by atoms with Crippen LogP contribution >= 0.6 is 34.5 Å². The smallest absolute Gasteiger partial charge is 0.162 e. The molecule has 0 N–H and O–H groups in total. The highest BCUT2D eigenvalue weighted by Crippen LogP contribution is 2.31. The molecule has 0 bridgehead atoms. The molecule has 0 atom stereocenters. The summed E-state index contributed by atoms with van der Waals surface area (Å²) < 4.78 is 4.06. The minimum atomic E-state index is 0.310. The second kappa shape index (κ2) is 6.23. The van der Waals surface area contributed by atoms with Crippen LogP contribution in [-0.4, -0.2) is 45.6 Å². The van der Waals surface area contributed by atoms with Crippen molar-refractivity contribution < 1.29 is 0 Å². The van der Waals surface area contributed by atoms with E-state index in [0.29, 0.717) is 10.7 Å². The first-order chi connectivity index (χ1) is 10.2. The molecule has 6 nitrogen and oxygen atoms in total. The molecule has 9 heteroatoms. The second-order valence-corrected chi connectivity index (χ2v) is 7.12. The van der Waals surface area contributed by atoms with E-state index in [4.69, 9.17) is 16.9 Å². The molecule has 0 aliphatic carbocycles.